The van der Waals surface area contributed by atoms with Crippen LogP contribution in [0.25, 0.3) is 6.08 Å². The number of benzene rings is 2. The minimum atomic E-state index is -5.86. The van der Waals surface area contributed by atoms with E-state index in [0.717, 1.165) is 56.2 Å². The quantitative estimate of drug-likeness (QED) is 0.325. The third-order valence-electron chi connectivity index (χ3n) is 6.16. The molecule has 1 fully saturated rings. The first kappa shape index (κ1) is 27.0. The van der Waals surface area contributed by atoms with Crippen molar-refractivity contribution in [2.75, 3.05) is 0 Å². The van der Waals surface area contributed by atoms with E-state index in [4.69, 9.17) is 0 Å². The molecule has 0 radical (unpaired) electrons. The van der Waals surface area contributed by atoms with Gasteiger partial charge < -0.3 is 4.74 Å². The highest BCUT2D eigenvalue weighted by Crippen LogP contribution is 2.39. The highest BCUT2D eigenvalue weighted by Gasteiger charge is 2.59. The molecule has 35 heavy (non-hydrogen) atoms. The van der Waals surface area contributed by atoms with Gasteiger partial charge in [-0.2, -0.15) is 22.0 Å². The van der Waals surface area contributed by atoms with Crippen LogP contribution in [0.5, 0.6) is 5.75 Å². The molecule has 3 rings (SSSR count). The Bertz CT molecular complexity index is 1020. The van der Waals surface area contributed by atoms with Gasteiger partial charge in [-0.1, -0.05) is 43.7 Å². The van der Waals surface area contributed by atoms with Crippen LogP contribution in [0, 0.1) is 17.6 Å². The Hall–Kier alpha value is -2.58. The number of hydrogen-bond donors (Lipinski definition) is 0. The number of ether oxygens (including phenoxy) is 1. The van der Waals surface area contributed by atoms with Crippen LogP contribution in [0.1, 0.15) is 61.6 Å². The van der Waals surface area contributed by atoms with Gasteiger partial charge in [-0.05, 0) is 78.8 Å². The van der Waals surface area contributed by atoms with E-state index in [1.165, 1.54) is 6.07 Å². The SMILES string of the molecule is CCCc1ccc(C2CCC(/C=C/c3ccc(OC(F)(F)C(F)C(F)(F)F)c(F)c3)CC2)c(F)c1. The molecule has 1 unspecified atom stereocenters. The Labute approximate surface area is 198 Å². The number of hydrogen-bond acceptors (Lipinski definition) is 1. The molecule has 2 aromatic rings. The Morgan fingerprint density at radius 2 is 1.63 bits per heavy atom. The van der Waals surface area contributed by atoms with Crippen LogP contribution < -0.4 is 4.74 Å². The Kier molecular flexibility index (Phi) is 8.49. The minimum Gasteiger partial charge on any atom is -0.427 e. The number of rotatable bonds is 8. The zero-order valence-electron chi connectivity index (χ0n) is 19.0. The Morgan fingerprint density at radius 1 is 0.943 bits per heavy atom. The molecular formula is C26H26F8O. The van der Waals surface area contributed by atoms with Crippen LogP contribution in [0.15, 0.2) is 42.5 Å². The van der Waals surface area contributed by atoms with E-state index < -0.39 is 30.0 Å². The van der Waals surface area contributed by atoms with Gasteiger partial charge in [0.1, 0.15) is 5.82 Å². The van der Waals surface area contributed by atoms with Crippen molar-refractivity contribution < 1.29 is 39.9 Å². The van der Waals surface area contributed by atoms with Crippen molar-refractivity contribution in [2.45, 2.75) is 69.8 Å². The van der Waals surface area contributed by atoms with Crippen LogP contribution in [-0.4, -0.2) is 18.5 Å². The summed E-state index contributed by atoms with van der Waals surface area (Å²) in [7, 11) is 0. The van der Waals surface area contributed by atoms with Crippen molar-refractivity contribution in [3.63, 3.8) is 0 Å². The van der Waals surface area contributed by atoms with Gasteiger partial charge in [0.2, 0.25) is 0 Å². The van der Waals surface area contributed by atoms with E-state index in [1.54, 1.807) is 12.1 Å². The topological polar surface area (TPSA) is 9.23 Å². The summed E-state index contributed by atoms with van der Waals surface area (Å²) < 4.78 is 109. The zero-order valence-corrected chi connectivity index (χ0v) is 19.0. The summed E-state index contributed by atoms with van der Waals surface area (Å²) in [4.78, 5) is 0. The van der Waals surface area contributed by atoms with E-state index >= 15 is 0 Å². The van der Waals surface area contributed by atoms with Gasteiger partial charge in [0.05, 0.1) is 0 Å². The highest BCUT2D eigenvalue weighted by atomic mass is 19.4. The molecule has 0 spiro atoms. The lowest BCUT2D eigenvalue weighted by molar-refractivity contribution is -0.305. The van der Waals surface area contributed by atoms with E-state index in [-0.39, 0.29) is 23.2 Å². The summed E-state index contributed by atoms with van der Waals surface area (Å²) in [5.74, 6) is -2.45. The van der Waals surface area contributed by atoms with Gasteiger partial charge in [0.15, 0.2) is 11.6 Å². The van der Waals surface area contributed by atoms with Crippen molar-refractivity contribution in [2.24, 2.45) is 5.92 Å². The smallest absolute Gasteiger partial charge is 0.427 e. The summed E-state index contributed by atoms with van der Waals surface area (Å²) in [6.45, 7) is 2.04. The molecule has 0 bridgehead atoms. The molecule has 0 amide bonds. The van der Waals surface area contributed by atoms with Gasteiger partial charge in [-0.25, -0.2) is 13.2 Å². The second-order valence-electron chi connectivity index (χ2n) is 8.83. The predicted octanol–water partition coefficient (Wildman–Crippen LogP) is 8.78. The van der Waals surface area contributed by atoms with Crippen LogP contribution >= 0.6 is 0 Å². The molecule has 1 nitrogen and oxygen atoms in total. The fourth-order valence-electron chi connectivity index (χ4n) is 4.31. The maximum Gasteiger partial charge on any atom is 0.439 e. The molecule has 1 aliphatic rings. The first-order valence-corrected chi connectivity index (χ1v) is 11.4. The monoisotopic (exact) mass is 506 g/mol. The second-order valence-corrected chi connectivity index (χ2v) is 8.83. The third-order valence-corrected chi connectivity index (χ3v) is 6.16. The first-order chi connectivity index (χ1) is 16.4. The van der Waals surface area contributed by atoms with Crippen molar-refractivity contribution in [1.29, 1.82) is 0 Å². The normalized spacial score (nSPS) is 20.3. The lowest BCUT2D eigenvalue weighted by Gasteiger charge is -2.27. The molecule has 0 saturated heterocycles. The molecule has 0 aliphatic heterocycles. The standard InChI is InChI=1S/C26H26F8O/c1-2-3-17-8-12-20(21(27)14-17)19-10-6-16(7-11-19)4-5-18-9-13-23(22(28)15-18)35-26(33,34)24(29)25(30,31)32/h4-5,8-9,12-16,19,24H,2-3,6-7,10-11H2,1H3/b5-4+. The van der Waals surface area contributed by atoms with E-state index in [2.05, 4.69) is 4.74 Å². The summed E-state index contributed by atoms with van der Waals surface area (Å²) in [5, 5.41) is 0. The highest BCUT2D eigenvalue weighted by molar-refractivity contribution is 5.51. The predicted molar refractivity (Wildman–Crippen MR) is 117 cm³/mol. The Balaban J connectivity index is 1.58. The number of aryl methyl sites for hydroxylation is 1. The Morgan fingerprint density at radius 3 is 2.20 bits per heavy atom. The third kappa shape index (κ3) is 6.98. The maximum atomic E-state index is 14.5. The lowest BCUT2D eigenvalue weighted by atomic mass is 9.78. The molecule has 192 valence electrons. The molecule has 2 aromatic carbocycles. The van der Waals surface area contributed by atoms with E-state index in [9.17, 15) is 35.1 Å². The van der Waals surface area contributed by atoms with Crippen LogP contribution in [0.3, 0.4) is 0 Å². The van der Waals surface area contributed by atoms with Crippen LogP contribution in [-0.2, 0) is 6.42 Å². The molecule has 1 aliphatic carbocycles. The average Bonchev–Trinajstić information content (AvgIpc) is 2.79. The largest absolute Gasteiger partial charge is 0.439 e. The fourth-order valence-corrected chi connectivity index (χ4v) is 4.31. The summed E-state index contributed by atoms with van der Waals surface area (Å²) in [6.07, 6.45) is -7.43. The average molecular weight is 506 g/mol. The second kappa shape index (κ2) is 11.0. The van der Waals surface area contributed by atoms with Gasteiger partial charge >= 0.3 is 12.3 Å². The van der Waals surface area contributed by atoms with Crippen LogP contribution in [0.2, 0.25) is 0 Å². The molecule has 1 saturated carbocycles. The number of allylic oxidation sites excluding steroid dienone is 1. The first-order valence-electron chi connectivity index (χ1n) is 11.4. The van der Waals surface area contributed by atoms with Gasteiger partial charge in [-0.15, -0.1) is 0 Å². The molecule has 9 heteroatoms. The molecular weight excluding hydrogens is 480 g/mol. The molecule has 0 N–H and O–H groups in total. The van der Waals surface area contributed by atoms with Crippen LogP contribution in [0.4, 0.5) is 35.1 Å². The number of halogens is 8. The van der Waals surface area contributed by atoms with Crippen molar-refractivity contribution >= 4 is 6.08 Å². The molecule has 0 heterocycles. The minimum absolute atomic E-state index is 0.113. The van der Waals surface area contributed by atoms with Crippen molar-refractivity contribution in [1.82, 2.24) is 0 Å². The zero-order chi connectivity index (χ0) is 25.8. The van der Waals surface area contributed by atoms with Crippen molar-refractivity contribution in [3.8, 4) is 5.75 Å². The maximum absolute atomic E-state index is 14.5. The van der Waals surface area contributed by atoms with Crippen molar-refractivity contribution in [3.05, 3.63) is 70.8 Å². The summed E-state index contributed by atoms with van der Waals surface area (Å²) in [5.41, 5.74) is 1.97. The number of alkyl halides is 6. The van der Waals surface area contributed by atoms with Gasteiger partial charge in [0.25, 0.3) is 6.17 Å². The molecule has 1 atom stereocenters. The lowest BCUT2D eigenvalue weighted by Crippen LogP contribution is -2.45. The fraction of sp³-hybridized carbons (Fsp3) is 0.462. The van der Waals surface area contributed by atoms with Gasteiger partial charge in [0, 0.05) is 0 Å². The van der Waals surface area contributed by atoms with Gasteiger partial charge in [-0.3, -0.25) is 0 Å². The summed E-state index contributed by atoms with van der Waals surface area (Å²) in [6, 6.07) is 8.15. The molecule has 0 aromatic heterocycles. The van der Waals surface area contributed by atoms with E-state index in [1.807, 2.05) is 25.1 Å². The van der Waals surface area contributed by atoms with E-state index in [0.29, 0.717) is 5.56 Å². The summed E-state index contributed by atoms with van der Waals surface area (Å²) >= 11 is 0.